The molecule has 7 nitrogen and oxygen atoms in total. The molecule has 2 aromatic rings. The van der Waals surface area contributed by atoms with Crippen molar-refractivity contribution in [2.24, 2.45) is 0 Å². The molecule has 1 amide bonds. The highest BCUT2D eigenvalue weighted by atomic mass is 16.7. The van der Waals surface area contributed by atoms with Gasteiger partial charge < -0.3 is 19.4 Å². The first-order chi connectivity index (χ1) is 12.3. The van der Waals surface area contributed by atoms with Crippen molar-refractivity contribution in [2.45, 2.75) is 31.5 Å². The van der Waals surface area contributed by atoms with Crippen molar-refractivity contribution >= 4 is 5.91 Å². The number of hydrogen-bond donors (Lipinski definition) is 3. The Kier molecular flexibility index (Phi) is 4.58. The Bertz CT molecular complexity index is 732. The molecule has 3 heterocycles. The number of fused-ring (bicyclic) bond motifs is 1. The van der Waals surface area contributed by atoms with E-state index in [1.54, 1.807) is 0 Å². The van der Waals surface area contributed by atoms with E-state index in [2.05, 4.69) is 20.7 Å². The largest absolute Gasteiger partial charge is 0.454 e. The molecule has 1 aromatic heterocycles. The van der Waals surface area contributed by atoms with Gasteiger partial charge in [0.25, 0.3) is 0 Å². The van der Waals surface area contributed by atoms with Crippen LogP contribution in [-0.4, -0.2) is 29.9 Å². The molecule has 1 aromatic carbocycles. The van der Waals surface area contributed by atoms with Gasteiger partial charge >= 0.3 is 0 Å². The predicted octanol–water partition coefficient (Wildman–Crippen LogP) is 1.33. The lowest BCUT2D eigenvalue weighted by atomic mass is 10.0. The quantitative estimate of drug-likeness (QED) is 0.691. The molecular weight excluding hydrogens is 320 g/mol. The molecule has 0 bridgehead atoms. The monoisotopic (exact) mass is 342 g/mol. The summed E-state index contributed by atoms with van der Waals surface area (Å²) in [5.41, 5.74) is 7.37. The molecule has 2 atom stereocenters. The Labute approximate surface area is 146 Å². The summed E-state index contributed by atoms with van der Waals surface area (Å²) in [4.78, 5) is 12.3. The summed E-state index contributed by atoms with van der Waals surface area (Å²) < 4.78 is 12.9. The van der Waals surface area contributed by atoms with E-state index in [4.69, 9.17) is 9.47 Å². The van der Waals surface area contributed by atoms with Gasteiger partial charge in [-0.1, -0.05) is 6.07 Å². The molecule has 0 saturated carbocycles. The van der Waals surface area contributed by atoms with Gasteiger partial charge in [0.15, 0.2) is 11.5 Å². The normalized spacial score (nSPS) is 21.4. The van der Waals surface area contributed by atoms with Crippen LogP contribution in [0.3, 0.4) is 0 Å². The fourth-order valence-electron chi connectivity index (χ4n) is 3.19. The molecule has 7 heteroatoms. The van der Waals surface area contributed by atoms with Crippen molar-refractivity contribution in [3.63, 3.8) is 0 Å². The highest BCUT2D eigenvalue weighted by Gasteiger charge is 2.30. The lowest BCUT2D eigenvalue weighted by Gasteiger charge is -2.11. The number of amides is 1. The number of nitrogens with one attached hydrogen (secondary N) is 3. The average Bonchev–Trinajstić information content (AvgIpc) is 3.39. The van der Waals surface area contributed by atoms with E-state index in [-0.39, 0.29) is 24.8 Å². The molecule has 2 unspecified atom stereocenters. The number of carbonyl (C=O) groups excluding carboxylic acids is 1. The third-order valence-electron chi connectivity index (χ3n) is 4.58. The van der Waals surface area contributed by atoms with Crippen LogP contribution in [-0.2, 0) is 11.3 Å². The molecule has 1 saturated heterocycles. The van der Waals surface area contributed by atoms with Gasteiger partial charge in [0.05, 0.1) is 0 Å². The minimum absolute atomic E-state index is 0.0308. The summed E-state index contributed by atoms with van der Waals surface area (Å²) in [5.74, 6) is 1.56. The molecule has 1 fully saturated rings. The number of benzene rings is 1. The third-order valence-corrected chi connectivity index (χ3v) is 4.58. The number of aryl methyl sites for hydroxylation is 1. The zero-order valence-electron chi connectivity index (χ0n) is 13.9. The minimum Gasteiger partial charge on any atom is -0.454 e. The SMILES string of the molecule is O=C(NCCCn1cccc1)C1CC(c2ccc3c(c2)OCO3)NN1. The molecular formula is C18H22N4O3. The van der Waals surface area contributed by atoms with Gasteiger partial charge in [-0.2, -0.15) is 0 Å². The van der Waals surface area contributed by atoms with Crippen molar-refractivity contribution in [3.8, 4) is 11.5 Å². The van der Waals surface area contributed by atoms with Gasteiger partial charge in [0, 0.05) is 31.5 Å². The maximum Gasteiger partial charge on any atom is 0.238 e. The third kappa shape index (κ3) is 3.62. The molecule has 2 aliphatic rings. The number of hydrogen-bond acceptors (Lipinski definition) is 5. The van der Waals surface area contributed by atoms with Gasteiger partial charge in [-0.25, -0.2) is 10.9 Å². The number of nitrogens with zero attached hydrogens (tertiary/aromatic N) is 1. The van der Waals surface area contributed by atoms with E-state index in [0.29, 0.717) is 13.0 Å². The molecule has 4 rings (SSSR count). The lowest BCUT2D eigenvalue weighted by Crippen LogP contribution is -2.43. The standard InChI is InChI=1S/C18H22N4O3/c23-18(19-6-3-9-22-7-1-2-8-22)15-11-14(20-21-15)13-4-5-16-17(10-13)25-12-24-16/h1-2,4-5,7-8,10,14-15,20-21H,3,6,9,11-12H2,(H,19,23). The van der Waals surface area contributed by atoms with E-state index in [0.717, 1.165) is 30.0 Å². The van der Waals surface area contributed by atoms with E-state index < -0.39 is 0 Å². The van der Waals surface area contributed by atoms with Crippen LogP contribution >= 0.6 is 0 Å². The van der Waals surface area contributed by atoms with Crippen LogP contribution in [0.1, 0.15) is 24.4 Å². The number of hydrazine groups is 1. The van der Waals surface area contributed by atoms with Gasteiger partial charge in [-0.3, -0.25) is 4.79 Å². The topological polar surface area (TPSA) is 76.6 Å². The molecule has 132 valence electrons. The van der Waals surface area contributed by atoms with Crippen LogP contribution in [0.5, 0.6) is 11.5 Å². The Morgan fingerprint density at radius 2 is 2.04 bits per heavy atom. The first kappa shape index (κ1) is 16.0. The molecule has 0 spiro atoms. The van der Waals surface area contributed by atoms with Gasteiger partial charge in [-0.05, 0) is 42.7 Å². The number of ether oxygens (including phenoxy) is 2. The molecule has 0 aliphatic carbocycles. The van der Waals surface area contributed by atoms with E-state index in [1.165, 1.54) is 0 Å². The summed E-state index contributed by atoms with van der Waals surface area (Å²) in [6.07, 6.45) is 5.66. The van der Waals surface area contributed by atoms with Crippen LogP contribution in [0.4, 0.5) is 0 Å². The second-order valence-corrected chi connectivity index (χ2v) is 6.31. The molecule has 0 radical (unpaired) electrons. The van der Waals surface area contributed by atoms with E-state index in [1.807, 2.05) is 42.7 Å². The highest BCUT2D eigenvalue weighted by Crippen LogP contribution is 2.35. The fourth-order valence-corrected chi connectivity index (χ4v) is 3.19. The maximum absolute atomic E-state index is 12.3. The van der Waals surface area contributed by atoms with Crippen LogP contribution < -0.4 is 25.6 Å². The zero-order valence-corrected chi connectivity index (χ0v) is 13.9. The summed E-state index contributed by atoms with van der Waals surface area (Å²) in [7, 11) is 0. The fraction of sp³-hybridized carbons (Fsp3) is 0.389. The Morgan fingerprint density at radius 3 is 2.92 bits per heavy atom. The summed E-state index contributed by atoms with van der Waals surface area (Å²) in [5, 5.41) is 3.00. The van der Waals surface area contributed by atoms with Crippen molar-refractivity contribution in [1.29, 1.82) is 0 Å². The second-order valence-electron chi connectivity index (χ2n) is 6.31. The summed E-state index contributed by atoms with van der Waals surface area (Å²) >= 11 is 0. The van der Waals surface area contributed by atoms with E-state index in [9.17, 15) is 4.79 Å². The molecule has 3 N–H and O–H groups in total. The summed E-state index contributed by atoms with van der Waals surface area (Å²) in [6.45, 7) is 1.84. The number of rotatable bonds is 6. The highest BCUT2D eigenvalue weighted by molar-refractivity contribution is 5.82. The predicted molar refractivity (Wildman–Crippen MR) is 92.0 cm³/mol. The van der Waals surface area contributed by atoms with Crippen molar-refractivity contribution < 1.29 is 14.3 Å². The van der Waals surface area contributed by atoms with Crippen molar-refractivity contribution in [3.05, 3.63) is 48.3 Å². The zero-order chi connectivity index (χ0) is 17.1. The first-order valence-electron chi connectivity index (χ1n) is 8.59. The summed E-state index contributed by atoms with van der Waals surface area (Å²) in [6, 6.07) is 9.73. The number of carbonyl (C=O) groups is 1. The van der Waals surface area contributed by atoms with Crippen LogP contribution in [0.25, 0.3) is 0 Å². The van der Waals surface area contributed by atoms with Crippen molar-refractivity contribution in [2.75, 3.05) is 13.3 Å². The Morgan fingerprint density at radius 1 is 1.20 bits per heavy atom. The van der Waals surface area contributed by atoms with Crippen LogP contribution in [0.2, 0.25) is 0 Å². The smallest absolute Gasteiger partial charge is 0.238 e. The Hall–Kier alpha value is -2.51. The van der Waals surface area contributed by atoms with Crippen molar-refractivity contribution in [1.82, 2.24) is 20.7 Å². The van der Waals surface area contributed by atoms with Crippen LogP contribution in [0, 0.1) is 0 Å². The van der Waals surface area contributed by atoms with Crippen LogP contribution in [0.15, 0.2) is 42.7 Å². The Balaban J connectivity index is 1.25. The number of aromatic nitrogens is 1. The minimum atomic E-state index is -0.234. The van der Waals surface area contributed by atoms with Gasteiger partial charge in [0.2, 0.25) is 12.7 Å². The first-order valence-corrected chi connectivity index (χ1v) is 8.59. The van der Waals surface area contributed by atoms with E-state index >= 15 is 0 Å². The lowest BCUT2D eigenvalue weighted by molar-refractivity contribution is -0.122. The second kappa shape index (κ2) is 7.16. The van der Waals surface area contributed by atoms with Gasteiger partial charge in [0.1, 0.15) is 6.04 Å². The molecule has 2 aliphatic heterocycles. The molecule has 25 heavy (non-hydrogen) atoms. The average molecular weight is 342 g/mol. The van der Waals surface area contributed by atoms with Gasteiger partial charge in [-0.15, -0.1) is 0 Å². The maximum atomic E-state index is 12.3.